The van der Waals surface area contributed by atoms with Crippen LogP contribution < -0.4 is 10.5 Å². The largest absolute Gasteiger partial charge is 0.489 e. The first-order valence-corrected chi connectivity index (χ1v) is 4.75. The maximum Gasteiger partial charge on any atom is 0.123 e. The third-order valence-electron chi connectivity index (χ3n) is 2.08. The highest BCUT2D eigenvalue weighted by molar-refractivity contribution is 5.22. The van der Waals surface area contributed by atoms with Gasteiger partial charge >= 0.3 is 0 Å². The summed E-state index contributed by atoms with van der Waals surface area (Å²) in [7, 11) is 0. The van der Waals surface area contributed by atoms with Crippen LogP contribution in [0.3, 0.4) is 0 Å². The van der Waals surface area contributed by atoms with Crippen LogP contribution in [0.4, 0.5) is 4.39 Å². The van der Waals surface area contributed by atoms with E-state index in [1.807, 2.05) is 13.8 Å². The molecule has 0 aliphatic rings. The molecule has 0 saturated carbocycles. The molecule has 78 valence electrons. The predicted molar refractivity (Wildman–Crippen MR) is 54.7 cm³/mol. The van der Waals surface area contributed by atoms with Crippen LogP contribution in [0.2, 0.25) is 0 Å². The molecule has 2 N–H and O–H groups in total. The number of halogens is 1. The van der Waals surface area contributed by atoms with Crippen molar-refractivity contribution in [3.8, 4) is 5.75 Å². The van der Waals surface area contributed by atoms with Gasteiger partial charge in [-0.05, 0) is 30.2 Å². The number of hydrogen-bond acceptors (Lipinski definition) is 2. The summed E-state index contributed by atoms with van der Waals surface area (Å²) in [6.45, 7) is 4.55. The van der Waals surface area contributed by atoms with E-state index in [-0.39, 0.29) is 11.9 Å². The fourth-order valence-electron chi connectivity index (χ4n) is 1.14. The van der Waals surface area contributed by atoms with Crippen LogP contribution in [0.1, 0.15) is 13.8 Å². The summed E-state index contributed by atoms with van der Waals surface area (Å²) in [4.78, 5) is 0. The summed E-state index contributed by atoms with van der Waals surface area (Å²) >= 11 is 0. The van der Waals surface area contributed by atoms with E-state index in [0.717, 1.165) is 0 Å². The third-order valence-corrected chi connectivity index (χ3v) is 2.08. The van der Waals surface area contributed by atoms with E-state index in [1.54, 1.807) is 12.1 Å². The van der Waals surface area contributed by atoms with Crippen LogP contribution in [-0.4, -0.2) is 12.6 Å². The molecule has 1 aromatic carbocycles. The fourth-order valence-corrected chi connectivity index (χ4v) is 1.14. The quantitative estimate of drug-likeness (QED) is 0.803. The number of rotatable bonds is 4. The molecular formula is C11H16FNO. The van der Waals surface area contributed by atoms with Gasteiger partial charge in [0.25, 0.3) is 0 Å². The standard InChI is InChI=1S/C11H16FNO/c1-8(2)11(7-13)14-10-5-3-9(12)4-6-10/h3-6,8,11H,7,13H2,1-2H3. The molecule has 1 atom stereocenters. The molecule has 14 heavy (non-hydrogen) atoms. The summed E-state index contributed by atoms with van der Waals surface area (Å²) in [6.07, 6.45) is -0.0135. The number of ether oxygens (including phenoxy) is 1. The second-order valence-corrected chi connectivity index (χ2v) is 3.59. The first-order valence-electron chi connectivity index (χ1n) is 4.75. The molecule has 3 heteroatoms. The summed E-state index contributed by atoms with van der Waals surface area (Å²) in [6, 6.07) is 5.98. The van der Waals surface area contributed by atoms with Gasteiger partial charge in [-0.25, -0.2) is 4.39 Å². The number of benzene rings is 1. The van der Waals surface area contributed by atoms with Gasteiger partial charge in [-0.1, -0.05) is 13.8 Å². The van der Waals surface area contributed by atoms with Crippen molar-refractivity contribution in [2.24, 2.45) is 11.7 Å². The maximum absolute atomic E-state index is 12.6. The van der Waals surface area contributed by atoms with Crippen molar-refractivity contribution in [1.82, 2.24) is 0 Å². The van der Waals surface area contributed by atoms with E-state index in [2.05, 4.69) is 0 Å². The van der Waals surface area contributed by atoms with E-state index in [0.29, 0.717) is 18.2 Å². The molecule has 0 aliphatic heterocycles. The van der Waals surface area contributed by atoms with Crippen molar-refractivity contribution in [2.45, 2.75) is 20.0 Å². The van der Waals surface area contributed by atoms with E-state index in [9.17, 15) is 4.39 Å². The van der Waals surface area contributed by atoms with Gasteiger partial charge in [-0.15, -0.1) is 0 Å². The Hall–Kier alpha value is -1.09. The smallest absolute Gasteiger partial charge is 0.123 e. The lowest BCUT2D eigenvalue weighted by molar-refractivity contribution is 0.159. The van der Waals surface area contributed by atoms with Gasteiger partial charge in [0.1, 0.15) is 17.7 Å². The Balaban J connectivity index is 2.63. The third kappa shape index (κ3) is 3.00. The second kappa shape index (κ2) is 4.96. The fraction of sp³-hybridized carbons (Fsp3) is 0.455. The van der Waals surface area contributed by atoms with Crippen LogP contribution in [0.25, 0.3) is 0 Å². The second-order valence-electron chi connectivity index (χ2n) is 3.59. The Morgan fingerprint density at radius 2 is 1.86 bits per heavy atom. The van der Waals surface area contributed by atoms with Crippen molar-refractivity contribution in [2.75, 3.05) is 6.54 Å². The van der Waals surface area contributed by atoms with Crippen molar-refractivity contribution < 1.29 is 9.13 Å². The van der Waals surface area contributed by atoms with Gasteiger partial charge < -0.3 is 10.5 Å². The summed E-state index contributed by atoms with van der Waals surface area (Å²) in [5.41, 5.74) is 5.55. The predicted octanol–water partition coefficient (Wildman–Crippen LogP) is 2.19. The van der Waals surface area contributed by atoms with Crippen LogP contribution >= 0.6 is 0 Å². The van der Waals surface area contributed by atoms with Gasteiger partial charge in [-0.2, -0.15) is 0 Å². The van der Waals surface area contributed by atoms with Crippen LogP contribution in [0, 0.1) is 11.7 Å². The molecule has 1 aromatic rings. The molecule has 0 bridgehead atoms. The average molecular weight is 197 g/mol. The van der Waals surface area contributed by atoms with Gasteiger partial charge in [0, 0.05) is 6.54 Å². The summed E-state index contributed by atoms with van der Waals surface area (Å²) in [5.74, 6) is 0.756. The van der Waals surface area contributed by atoms with Crippen LogP contribution in [-0.2, 0) is 0 Å². The molecule has 0 aromatic heterocycles. The molecule has 1 rings (SSSR count). The normalized spacial score (nSPS) is 12.9. The summed E-state index contributed by atoms with van der Waals surface area (Å²) < 4.78 is 18.2. The van der Waals surface area contributed by atoms with Crippen LogP contribution in [0.5, 0.6) is 5.75 Å². The van der Waals surface area contributed by atoms with E-state index < -0.39 is 0 Å². The molecule has 0 amide bonds. The minimum atomic E-state index is -0.258. The Bertz CT molecular complexity index is 271. The maximum atomic E-state index is 12.6. The van der Waals surface area contributed by atoms with Gasteiger partial charge in [0.05, 0.1) is 0 Å². The molecule has 2 nitrogen and oxygen atoms in total. The highest BCUT2D eigenvalue weighted by atomic mass is 19.1. The Labute approximate surface area is 83.9 Å². The average Bonchev–Trinajstić information content (AvgIpc) is 2.16. The zero-order valence-corrected chi connectivity index (χ0v) is 8.53. The minimum absolute atomic E-state index is 0.0135. The highest BCUT2D eigenvalue weighted by Gasteiger charge is 2.12. The minimum Gasteiger partial charge on any atom is -0.489 e. The molecular weight excluding hydrogens is 181 g/mol. The molecule has 0 heterocycles. The molecule has 0 radical (unpaired) electrons. The van der Waals surface area contributed by atoms with E-state index in [1.165, 1.54) is 12.1 Å². The molecule has 0 saturated heterocycles. The van der Waals surface area contributed by atoms with Crippen molar-refractivity contribution >= 4 is 0 Å². The Morgan fingerprint density at radius 3 is 2.29 bits per heavy atom. The first kappa shape index (κ1) is 11.0. The lowest BCUT2D eigenvalue weighted by Crippen LogP contribution is -2.31. The number of nitrogens with two attached hydrogens (primary N) is 1. The summed E-state index contributed by atoms with van der Waals surface area (Å²) in [5, 5.41) is 0. The Kier molecular flexibility index (Phi) is 3.89. The first-order chi connectivity index (χ1) is 6.63. The zero-order valence-electron chi connectivity index (χ0n) is 8.53. The van der Waals surface area contributed by atoms with Crippen molar-refractivity contribution in [3.05, 3.63) is 30.1 Å². The lowest BCUT2D eigenvalue weighted by atomic mass is 10.1. The van der Waals surface area contributed by atoms with Gasteiger partial charge in [0.2, 0.25) is 0 Å². The zero-order chi connectivity index (χ0) is 10.6. The van der Waals surface area contributed by atoms with Gasteiger partial charge in [-0.3, -0.25) is 0 Å². The molecule has 0 fully saturated rings. The number of hydrogen-bond donors (Lipinski definition) is 1. The topological polar surface area (TPSA) is 35.2 Å². The van der Waals surface area contributed by atoms with Crippen molar-refractivity contribution in [1.29, 1.82) is 0 Å². The highest BCUT2D eigenvalue weighted by Crippen LogP contribution is 2.15. The Morgan fingerprint density at radius 1 is 1.29 bits per heavy atom. The molecule has 0 spiro atoms. The SMILES string of the molecule is CC(C)C(CN)Oc1ccc(F)cc1. The lowest BCUT2D eigenvalue weighted by Gasteiger charge is -2.20. The molecule has 0 aliphatic carbocycles. The van der Waals surface area contributed by atoms with E-state index in [4.69, 9.17) is 10.5 Å². The monoisotopic (exact) mass is 197 g/mol. The van der Waals surface area contributed by atoms with Crippen molar-refractivity contribution in [3.63, 3.8) is 0 Å². The van der Waals surface area contributed by atoms with Gasteiger partial charge in [0.15, 0.2) is 0 Å². The van der Waals surface area contributed by atoms with Crippen LogP contribution in [0.15, 0.2) is 24.3 Å². The van der Waals surface area contributed by atoms with E-state index >= 15 is 0 Å². The molecule has 1 unspecified atom stereocenters.